The molecule has 0 atom stereocenters. The van der Waals surface area contributed by atoms with Crippen LogP contribution in [0.2, 0.25) is 0 Å². The number of carbonyl (C=O) groups excluding carboxylic acids is 1. The number of hydrogen-bond acceptors (Lipinski definition) is 3. The topological polar surface area (TPSA) is 64.9 Å². The maximum absolute atomic E-state index is 13.2. The van der Waals surface area contributed by atoms with E-state index in [1.165, 1.54) is 12.1 Å². The fraction of sp³-hybridized carbons (Fsp3) is 0.429. The van der Waals surface area contributed by atoms with E-state index in [2.05, 4.69) is 10.6 Å². The summed E-state index contributed by atoms with van der Waals surface area (Å²) in [6.45, 7) is 4.52. The third-order valence-corrected chi connectivity index (χ3v) is 2.82. The molecule has 0 unspecified atom stereocenters. The molecule has 1 aromatic rings. The van der Waals surface area contributed by atoms with Gasteiger partial charge in [-0.2, -0.15) is 5.26 Å². The molecule has 0 saturated heterocycles. The highest BCUT2D eigenvalue weighted by atomic mass is 19.1. The third-order valence-electron chi connectivity index (χ3n) is 2.82. The first-order valence-electron chi connectivity index (χ1n) is 6.01. The summed E-state index contributed by atoms with van der Waals surface area (Å²) in [5, 5.41) is 14.5. The molecule has 1 aromatic carbocycles. The number of amides is 1. The zero-order valence-corrected chi connectivity index (χ0v) is 11.4. The molecule has 0 bridgehead atoms. The van der Waals surface area contributed by atoms with E-state index in [4.69, 9.17) is 5.26 Å². The van der Waals surface area contributed by atoms with Crippen LogP contribution in [0, 0.1) is 22.6 Å². The molecule has 0 saturated carbocycles. The molecule has 0 aliphatic carbocycles. The van der Waals surface area contributed by atoms with Crippen LogP contribution >= 0.6 is 0 Å². The Labute approximate surface area is 112 Å². The van der Waals surface area contributed by atoms with Crippen molar-refractivity contribution >= 4 is 5.91 Å². The molecule has 2 N–H and O–H groups in total. The predicted octanol–water partition coefficient (Wildman–Crippen LogP) is 1.56. The molecule has 0 aliphatic heterocycles. The Morgan fingerprint density at radius 1 is 1.42 bits per heavy atom. The van der Waals surface area contributed by atoms with Crippen molar-refractivity contribution in [1.82, 2.24) is 10.6 Å². The van der Waals surface area contributed by atoms with Gasteiger partial charge in [0, 0.05) is 20.1 Å². The van der Waals surface area contributed by atoms with Crippen LogP contribution in [0.25, 0.3) is 0 Å². The van der Waals surface area contributed by atoms with Crippen molar-refractivity contribution in [3.63, 3.8) is 0 Å². The van der Waals surface area contributed by atoms with Crippen molar-refractivity contribution in [2.24, 2.45) is 5.41 Å². The highest BCUT2D eigenvalue weighted by Gasteiger charge is 2.25. The fourth-order valence-electron chi connectivity index (χ4n) is 1.76. The summed E-state index contributed by atoms with van der Waals surface area (Å²) in [6, 6.07) is 6.11. The molecule has 0 spiro atoms. The van der Waals surface area contributed by atoms with Crippen molar-refractivity contribution < 1.29 is 9.18 Å². The van der Waals surface area contributed by atoms with Crippen LogP contribution < -0.4 is 10.6 Å². The van der Waals surface area contributed by atoms with E-state index in [1.807, 2.05) is 19.9 Å². The van der Waals surface area contributed by atoms with Gasteiger partial charge in [-0.1, -0.05) is 0 Å². The molecule has 0 aromatic heterocycles. The van der Waals surface area contributed by atoms with Crippen LogP contribution in [-0.2, 0) is 11.3 Å². The molecule has 1 rings (SSSR count). The summed E-state index contributed by atoms with van der Waals surface area (Å²) >= 11 is 0. The lowest BCUT2D eigenvalue weighted by Gasteiger charge is -2.23. The lowest BCUT2D eigenvalue weighted by atomic mass is 9.92. The highest BCUT2D eigenvalue weighted by Crippen LogP contribution is 2.14. The predicted molar refractivity (Wildman–Crippen MR) is 70.7 cm³/mol. The van der Waals surface area contributed by atoms with E-state index in [-0.39, 0.29) is 5.91 Å². The number of halogens is 1. The molecule has 102 valence electrons. The van der Waals surface area contributed by atoms with E-state index in [1.54, 1.807) is 13.1 Å². The smallest absolute Gasteiger partial charge is 0.226 e. The van der Waals surface area contributed by atoms with Crippen molar-refractivity contribution in [1.29, 1.82) is 5.26 Å². The quantitative estimate of drug-likeness (QED) is 0.847. The Morgan fingerprint density at radius 2 is 2.11 bits per heavy atom. The SMILES string of the molecule is CNC(=O)C(C)(C)CNCc1cc(F)cc(C#N)c1. The van der Waals surface area contributed by atoms with Crippen molar-refractivity contribution in [2.75, 3.05) is 13.6 Å². The van der Waals surface area contributed by atoms with Gasteiger partial charge in [0.15, 0.2) is 0 Å². The zero-order valence-electron chi connectivity index (χ0n) is 11.4. The van der Waals surface area contributed by atoms with Crippen LogP contribution in [0.15, 0.2) is 18.2 Å². The Kier molecular flexibility index (Phi) is 5.02. The number of hydrogen-bond donors (Lipinski definition) is 2. The van der Waals surface area contributed by atoms with Gasteiger partial charge in [0.1, 0.15) is 5.82 Å². The summed E-state index contributed by atoms with van der Waals surface area (Å²) in [5.41, 5.74) is 0.437. The number of nitriles is 1. The lowest BCUT2D eigenvalue weighted by molar-refractivity contribution is -0.128. The van der Waals surface area contributed by atoms with Crippen molar-refractivity contribution in [3.8, 4) is 6.07 Å². The summed E-state index contributed by atoms with van der Waals surface area (Å²) in [4.78, 5) is 11.6. The van der Waals surface area contributed by atoms with Gasteiger partial charge in [0.25, 0.3) is 0 Å². The first-order chi connectivity index (χ1) is 8.89. The minimum absolute atomic E-state index is 0.0584. The number of nitrogens with one attached hydrogen (secondary N) is 2. The van der Waals surface area contributed by atoms with Gasteiger partial charge >= 0.3 is 0 Å². The maximum Gasteiger partial charge on any atom is 0.226 e. The van der Waals surface area contributed by atoms with Gasteiger partial charge in [-0.3, -0.25) is 4.79 Å². The summed E-state index contributed by atoms with van der Waals surface area (Å²) in [7, 11) is 1.59. The average molecular weight is 263 g/mol. The zero-order chi connectivity index (χ0) is 14.5. The van der Waals surface area contributed by atoms with Gasteiger partial charge in [0.05, 0.1) is 17.0 Å². The highest BCUT2D eigenvalue weighted by molar-refractivity contribution is 5.81. The van der Waals surface area contributed by atoms with Crippen LogP contribution in [-0.4, -0.2) is 19.5 Å². The second-order valence-corrected chi connectivity index (χ2v) is 5.03. The van der Waals surface area contributed by atoms with Crippen LogP contribution in [0.5, 0.6) is 0 Å². The maximum atomic E-state index is 13.2. The van der Waals surface area contributed by atoms with Crippen LogP contribution in [0.3, 0.4) is 0 Å². The Hall–Kier alpha value is -1.93. The number of carbonyl (C=O) groups is 1. The Bertz CT molecular complexity index is 506. The number of benzene rings is 1. The van der Waals surface area contributed by atoms with E-state index in [9.17, 15) is 9.18 Å². The largest absolute Gasteiger partial charge is 0.359 e. The minimum Gasteiger partial charge on any atom is -0.359 e. The van der Waals surface area contributed by atoms with Gasteiger partial charge in [-0.15, -0.1) is 0 Å². The number of rotatable bonds is 5. The van der Waals surface area contributed by atoms with E-state index < -0.39 is 11.2 Å². The molecule has 1 amide bonds. The average Bonchev–Trinajstić information content (AvgIpc) is 2.36. The summed E-state index contributed by atoms with van der Waals surface area (Å²) in [5.74, 6) is -0.488. The molecule has 0 heterocycles. The second-order valence-electron chi connectivity index (χ2n) is 5.03. The molecule has 5 heteroatoms. The van der Waals surface area contributed by atoms with Gasteiger partial charge in [0.2, 0.25) is 5.91 Å². The van der Waals surface area contributed by atoms with Gasteiger partial charge in [-0.05, 0) is 37.6 Å². The fourth-order valence-corrected chi connectivity index (χ4v) is 1.76. The molecule has 0 aliphatic rings. The van der Waals surface area contributed by atoms with E-state index in [0.717, 1.165) is 0 Å². The first-order valence-corrected chi connectivity index (χ1v) is 6.01. The Balaban J connectivity index is 2.61. The minimum atomic E-state index is -0.542. The second kappa shape index (κ2) is 6.30. The van der Waals surface area contributed by atoms with Gasteiger partial charge in [-0.25, -0.2) is 4.39 Å². The number of nitrogens with zero attached hydrogens (tertiary/aromatic N) is 1. The first kappa shape index (κ1) is 15.1. The van der Waals surface area contributed by atoms with Crippen LogP contribution in [0.1, 0.15) is 25.0 Å². The molecule has 0 radical (unpaired) electrons. The van der Waals surface area contributed by atoms with Gasteiger partial charge < -0.3 is 10.6 Å². The summed E-state index contributed by atoms with van der Waals surface area (Å²) in [6.07, 6.45) is 0. The normalized spacial score (nSPS) is 10.9. The molecule has 4 nitrogen and oxygen atoms in total. The molecular formula is C14H18FN3O. The van der Waals surface area contributed by atoms with Crippen molar-refractivity contribution in [3.05, 3.63) is 35.1 Å². The van der Waals surface area contributed by atoms with Crippen LogP contribution in [0.4, 0.5) is 4.39 Å². The summed E-state index contributed by atoms with van der Waals surface area (Å²) < 4.78 is 13.2. The molecule has 0 fully saturated rings. The van der Waals surface area contributed by atoms with Crippen molar-refractivity contribution in [2.45, 2.75) is 20.4 Å². The molecule has 19 heavy (non-hydrogen) atoms. The van der Waals surface area contributed by atoms with E-state index >= 15 is 0 Å². The monoisotopic (exact) mass is 263 g/mol. The Morgan fingerprint density at radius 3 is 2.68 bits per heavy atom. The lowest BCUT2D eigenvalue weighted by Crippen LogP contribution is -2.41. The standard InChI is InChI=1S/C14H18FN3O/c1-14(2,13(19)17-3)9-18-8-11-4-10(7-16)5-12(15)6-11/h4-6,18H,8-9H2,1-3H3,(H,17,19). The molecular weight excluding hydrogens is 245 g/mol. The van der Waals surface area contributed by atoms with E-state index in [0.29, 0.717) is 24.2 Å². The third kappa shape index (κ3) is 4.34.